The van der Waals surface area contributed by atoms with Crippen molar-refractivity contribution >= 4 is 31.6 Å². The zero-order chi connectivity index (χ0) is 15.6. The standard InChI is InChI=1S/C15H23BrN2O2S/c1-11-14(17)8-13(16)9-15(11)21(19,20)18(2)10-12-6-4-3-5-7-12/h8-9,12H,3-7,10,17H2,1-2H3. The van der Waals surface area contributed by atoms with Crippen LogP contribution in [0.4, 0.5) is 5.69 Å². The van der Waals surface area contributed by atoms with E-state index in [1.165, 1.54) is 23.6 Å². The molecule has 1 aromatic carbocycles. The molecule has 0 amide bonds. The van der Waals surface area contributed by atoms with Crippen molar-refractivity contribution in [2.45, 2.75) is 43.9 Å². The number of nitrogens with zero attached hydrogens (tertiary/aromatic N) is 1. The summed E-state index contributed by atoms with van der Waals surface area (Å²) >= 11 is 3.32. The van der Waals surface area contributed by atoms with Crippen LogP contribution in [0.15, 0.2) is 21.5 Å². The van der Waals surface area contributed by atoms with Gasteiger partial charge in [-0.2, -0.15) is 0 Å². The van der Waals surface area contributed by atoms with Crippen LogP contribution < -0.4 is 5.73 Å². The van der Waals surface area contributed by atoms with Crippen LogP contribution in [0.1, 0.15) is 37.7 Å². The van der Waals surface area contributed by atoms with Crippen LogP contribution in [-0.4, -0.2) is 26.3 Å². The van der Waals surface area contributed by atoms with E-state index in [0.717, 1.165) is 12.8 Å². The monoisotopic (exact) mass is 374 g/mol. The molecule has 0 saturated heterocycles. The Bertz CT molecular complexity index is 610. The second-order valence-electron chi connectivity index (χ2n) is 5.91. The molecule has 1 saturated carbocycles. The molecule has 1 aliphatic carbocycles. The zero-order valence-electron chi connectivity index (χ0n) is 12.6. The van der Waals surface area contributed by atoms with Gasteiger partial charge >= 0.3 is 0 Å². The maximum absolute atomic E-state index is 12.8. The lowest BCUT2D eigenvalue weighted by atomic mass is 9.89. The molecule has 118 valence electrons. The Morgan fingerprint density at radius 3 is 2.52 bits per heavy atom. The van der Waals surface area contributed by atoms with E-state index < -0.39 is 10.0 Å². The minimum Gasteiger partial charge on any atom is -0.398 e. The molecule has 0 radical (unpaired) electrons. The van der Waals surface area contributed by atoms with E-state index >= 15 is 0 Å². The molecule has 21 heavy (non-hydrogen) atoms. The molecular formula is C15H23BrN2O2S. The first-order chi connectivity index (χ1) is 9.82. The summed E-state index contributed by atoms with van der Waals surface area (Å²) in [5, 5.41) is 0. The first-order valence-corrected chi connectivity index (χ1v) is 9.57. The van der Waals surface area contributed by atoms with Gasteiger partial charge in [-0.05, 0) is 43.4 Å². The SMILES string of the molecule is Cc1c(N)cc(Br)cc1S(=O)(=O)N(C)CC1CCCCC1. The summed E-state index contributed by atoms with van der Waals surface area (Å²) in [5.41, 5.74) is 7.00. The first-order valence-electron chi connectivity index (χ1n) is 7.34. The van der Waals surface area contributed by atoms with Crippen molar-refractivity contribution in [2.24, 2.45) is 5.92 Å². The van der Waals surface area contributed by atoms with E-state index in [1.807, 2.05) is 0 Å². The molecule has 1 aromatic rings. The van der Waals surface area contributed by atoms with Gasteiger partial charge in [0.05, 0.1) is 4.90 Å². The lowest BCUT2D eigenvalue weighted by molar-refractivity contribution is 0.300. The van der Waals surface area contributed by atoms with Crippen molar-refractivity contribution in [1.29, 1.82) is 0 Å². The molecule has 0 spiro atoms. The average Bonchev–Trinajstić information content (AvgIpc) is 2.43. The van der Waals surface area contributed by atoms with Gasteiger partial charge in [0, 0.05) is 23.8 Å². The quantitative estimate of drug-likeness (QED) is 0.819. The highest BCUT2D eigenvalue weighted by atomic mass is 79.9. The van der Waals surface area contributed by atoms with Crippen LogP contribution in [0.25, 0.3) is 0 Å². The van der Waals surface area contributed by atoms with E-state index in [-0.39, 0.29) is 0 Å². The number of hydrogen-bond acceptors (Lipinski definition) is 3. The molecule has 0 aromatic heterocycles. The van der Waals surface area contributed by atoms with Gasteiger partial charge in [-0.15, -0.1) is 0 Å². The maximum atomic E-state index is 12.8. The second-order valence-corrected chi connectivity index (χ2v) is 8.84. The minimum absolute atomic E-state index is 0.299. The minimum atomic E-state index is -3.49. The highest BCUT2D eigenvalue weighted by Gasteiger charge is 2.27. The molecule has 0 heterocycles. The number of anilines is 1. The summed E-state index contributed by atoms with van der Waals surface area (Å²) in [4.78, 5) is 0.299. The van der Waals surface area contributed by atoms with E-state index in [0.29, 0.717) is 33.1 Å². The molecule has 0 unspecified atom stereocenters. The van der Waals surface area contributed by atoms with Gasteiger partial charge in [-0.1, -0.05) is 35.2 Å². The van der Waals surface area contributed by atoms with Crippen molar-refractivity contribution in [2.75, 3.05) is 19.3 Å². The van der Waals surface area contributed by atoms with E-state index in [2.05, 4.69) is 15.9 Å². The number of benzene rings is 1. The molecule has 0 aliphatic heterocycles. The van der Waals surface area contributed by atoms with Crippen molar-refractivity contribution < 1.29 is 8.42 Å². The zero-order valence-corrected chi connectivity index (χ0v) is 15.0. The Kier molecular flexibility index (Phi) is 5.33. The summed E-state index contributed by atoms with van der Waals surface area (Å²) in [7, 11) is -1.82. The van der Waals surface area contributed by atoms with Gasteiger partial charge in [-0.3, -0.25) is 0 Å². The summed E-state index contributed by atoms with van der Waals surface area (Å²) in [6.45, 7) is 2.34. The Hall–Kier alpha value is -0.590. The fourth-order valence-electron chi connectivity index (χ4n) is 2.94. The number of halogens is 1. The van der Waals surface area contributed by atoms with Gasteiger partial charge in [-0.25, -0.2) is 12.7 Å². The largest absolute Gasteiger partial charge is 0.398 e. The Balaban J connectivity index is 2.24. The van der Waals surface area contributed by atoms with Crippen molar-refractivity contribution in [3.05, 3.63) is 22.2 Å². The molecule has 1 fully saturated rings. The highest BCUT2D eigenvalue weighted by molar-refractivity contribution is 9.10. The third-order valence-corrected chi connectivity index (χ3v) is 6.70. The predicted octanol–water partition coefficient (Wildman–Crippen LogP) is 3.54. The third kappa shape index (κ3) is 3.79. The number of sulfonamides is 1. The van der Waals surface area contributed by atoms with Gasteiger partial charge in [0.2, 0.25) is 10.0 Å². The van der Waals surface area contributed by atoms with Crippen LogP contribution in [-0.2, 0) is 10.0 Å². The van der Waals surface area contributed by atoms with Crippen LogP contribution >= 0.6 is 15.9 Å². The molecule has 1 aliphatic rings. The fourth-order valence-corrected chi connectivity index (χ4v) is 5.09. The molecule has 4 nitrogen and oxygen atoms in total. The summed E-state index contributed by atoms with van der Waals surface area (Å²) in [5.74, 6) is 0.475. The second kappa shape index (κ2) is 6.67. The number of hydrogen-bond donors (Lipinski definition) is 1. The fraction of sp³-hybridized carbons (Fsp3) is 0.600. The predicted molar refractivity (Wildman–Crippen MR) is 89.7 cm³/mol. The number of nitrogen functional groups attached to an aromatic ring is 1. The molecule has 2 rings (SSSR count). The molecule has 0 bridgehead atoms. The lowest BCUT2D eigenvalue weighted by Gasteiger charge is -2.27. The first kappa shape index (κ1) is 16.8. The Morgan fingerprint density at radius 2 is 1.90 bits per heavy atom. The highest BCUT2D eigenvalue weighted by Crippen LogP contribution is 2.30. The van der Waals surface area contributed by atoms with Crippen LogP contribution in [0.5, 0.6) is 0 Å². The lowest BCUT2D eigenvalue weighted by Crippen LogP contribution is -2.33. The van der Waals surface area contributed by atoms with Gasteiger partial charge in [0.1, 0.15) is 0 Å². The number of rotatable bonds is 4. The van der Waals surface area contributed by atoms with Crippen LogP contribution in [0, 0.1) is 12.8 Å². The topological polar surface area (TPSA) is 63.4 Å². The third-order valence-electron chi connectivity index (χ3n) is 4.29. The van der Waals surface area contributed by atoms with Gasteiger partial charge in [0.15, 0.2) is 0 Å². The van der Waals surface area contributed by atoms with E-state index in [4.69, 9.17) is 5.73 Å². The number of nitrogens with two attached hydrogens (primary N) is 1. The van der Waals surface area contributed by atoms with Crippen LogP contribution in [0.3, 0.4) is 0 Å². The molecule has 6 heteroatoms. The summed E-state index contributed by atoms with van der Waals surface area (Å²) < 4.78 is 27.7. The normalized spacial score (nSPS) is 17.3. The molecule has 0 atom stereocenters. The van der Waals surface area contributed by atoms with E-state index in [9.17, 15) is 8.42 Å². The van der Waals surface area contributed by atoms with Gasteiger partial charge < -0.3 is 5.73 Å². The molecule has 2 N–H and O–H groups in total. The Labute approximate surface area is 135 Å². The van der Waals surface area contributed by atoms with E-state index in [1.54, 1.807) is 26.1 Å². The summed E-state index contributed by atoms with van der Waals surface area (Å²) in [6, 6.07) is 3.37. The average molecular weight is 375 g/mol. The summed E-state index contributed by atoms with van der Waals surface area (Å²) in [6.07, 6.45) is 5.94. The molecular weight excluding hydrogens is 352 g/mol. The van der Waals surface area contributed by atoms with Gasteiger partial charge in [0.25, 0.3) is 0 Å². The van der Waals surface area contributed by atoms with Crippen molar-refractivity contribution in [3.63, 3.8) is 0 Å². The van der Waals surface area contributed by atoms with Crippen molar-refractivity contribution in [3.8, 4) is 0 Å². The smallest absolute Gasteiger partial charge is 0.243 e. The van der Waals surface area contributed by atoms with Crippen LogP contribution in [0.2, 0.25) is 0 Å². The Morgan fingerprint density at radius 1 is 1.29 bits per heavy atom. The van der Waals surface area contributed by atoms with Crippen molar-refractivity contribution in [1.82, 2.24) is 4.31 Å². The maximum Gasteiger partial charge on any atom is 0.243 e.